The van der Waals surface area contributed by atoms with Gasteiger partial charge >= 0.3 is 0 Å². The molecular weight excluding hydrogens is 326 g/mol. The van der Waals surface area contributed by atoms with Crippen molar-refractivity contribution < 1.29 is 17.9 Å². The van der Waals surface area contributed by atoms with Crippen LogP contribution in [0.2, 0.25) is 0 Å². The smallest absolute Gasteiger partial charge is 0.240 e. The first kappa shape index (κ1) is 19.2. The van der Waals surface area contributed by atoms with Crippen LogP contribution in [0, 0.1) is 0 Å². The second-order valence-corrected chi connectivity index (χ2v) is 7.89. The molecule has 1 aromatic carbocycles. The lowest BCUT2D eigenvalue weighted by molar-refractivity contribution is 0.110. The van der Waals surface area contributed by atoms with Gasteiger partial charge in [-0.2, -0.15) is 0 Å². The van der Waals surface area contributed by atoms with Gasteiger partial charge in [0.2, 0.25) is 10.0 Å². The van der Waals surface area contributed by atoms with E-state index in [2.05, 4.69) is 4.72 Å². The van der Waals surface area contributed by atoms with E-state index in [1.165, 1.54) is 19.3 Å². The molecule has 0 atom stereocenters. The van der Waals surface area contributed by atoms with Gasteiger partial charge in [-0.05, 0) is 44.0 Å². The third-order valence-electron chi connectivity index (χ3n) is 4.26. The number of nitrogens with one attached hydrogen (secondary N) is 1. The Hall–Kier alpha value is -1.11. The molecule has 0 radical (unpaired) electrons. The van der Waals surface area contributed by atoms with E-state index < -0.39 is 10.0 Å². The molecule has 6 heteroatoms. The van der Waals surface area contributed by atoms with Gasteiger partial charge in [0.25, 0.3) is 0 Å². The number of hydrogen-bond donors (Lipinski definition) is 1. The highest BCUT2D eigenvalue weighted by Gasteiger charge is 2.20. The Morgan fingerprint density at radius 2 is 1.62 bits per heavy atom. The lowest BCUT2D eigenvalue weighted by Crippen LogP contribution is -2.35. The fraction of sp³-hybridized carbons (Fsp3) is 0.667. The quantitative estimate of drug-likeness (QED) is 0.725. The maximum Gasteiger partial charge on any atom is 0.240 e. The summed E-state index contributed by atoms with van der Waals surface area (Å²) in [5.41, 5.74) is 0. The van der Waals surface area contributed by atoms with Gasteiger partial charge in [0.15, 0.2) is 0 Å². The SMILES string of the molecule is CCOCCOc1ccc(S(=O)(=O)NC2CCCCCCC2)cc1. The molecule has 0 aromatic heterocycles. The Morgan fingerprint density at radius 1 is 1.00 bits per heavy atom. The molecule has 0 saturated heterocycles. The molecule has 24 heavy (non-hydrogen) atoms. The minimum Gasteiger partial charge on any atom is -0.491 e. The van der Waals surface area contributed by atoms with Crippen molar-refractivity contribution in [2.45, 2.75) is 62.8 Å². The van der Waals surface area contributed by atoms with E-state index in [1.807, 2.05) is 6.92 Å². The number of hydrogen-bond acceptors (Lipinski definition) is 4. The maximum absolute atomic E-state index is 12.5. The summed E-state index contributed by atoms with van der Waals surface area (Å²) in [6.45, 7) is 3.58. The summed E-state index contributed by atoms with van der Waals surface area (Å²) in [5, 5.41) is 0. The second-order valence-electron chi connectivity index (χ2n) is 6.18. The molecule has 0 unspecified atom stereocenters. The van der Waals surface area contributed by atoms with Crippen LogP contribution in [0.5, 0.6) is 5.75 Å². The minimum atomic E-state index is -3.46. The molecule has 0 aliphatic heterocycles. The van der Waals surface area contributed by atoms with Gasteiger partial charge in [0, 0.05) is 12.6 Å². The zero-order valence-corrected chi connectivity index (χ0v) is 15.3. The molecule has 2 rings (SSSR count). The Labute approximate surface area is 145 Å². The zero-order chi connectivity index (χ0) is 17.3. The summed E-state index contributed by atoms with van der Waals surface area (Å²) in [6, 6.07) is 6.64. The van der Waals surface area contributed by atoms with Crippen LogP contribution in [0.15, 0.2) is 29.2 Å². The largest absolute Gasteiger partial charge is 0.491 e. The van der Waals surface area contributed by atoms with Crippen molar-refractivity contribution in [3.8, 4) is 5.75 Å². The van der Waals surface area contributed by atoms with Gasteiger partial charge in [0.05, 0.1) is 11.5 Å². The molecular formula is C18H29NO4S. The van der Waals surface area contributed by atoms with Gasteiger partial charge in [-0.25, -0.2) is 13.1 Å². The van der Waals surface area contributed by atoms with E-state index in [-0.39, 0.29) is 6.04 Å². The highest BCUT2D eigenvalue weighted by molar-refractivity contribution is 7.89. The molecule has 1 saturated carbocycles. The Morgan fingerprint density at radius 3 is 2.25 bits per heavy atom. The first-order chi connectivity index (χ1) is 11.6. The van der Waals surface area contributed by atoms with Gasteiger partial charge in [0.1, 0.15) is 12.4 Å². The molecule has 1 fully saturated rings. The van der Waals surface area contributed by atoms with Crippen molar-refractivity contribution in [3.63, 3.8) is 0 Å². The van der Waals surface area contributed by atoms with E-state index in [0.29, 0.717) is 30.5 Å². The monoisotopic (exact) mass is 355 g/mol. The first-order valence-corrected chi connectivity index (χ1v) is 10.4. The normalized spacial score (nSPS) is 17.2. The average molecular weight is 356 g/mol. The molecule has 0 bridgehead atoms. The van der Waals surface area contributed by atoms with Crippen LogP contribution in [0.25, 0.3) is 0 Å². The fourth-order valence-corrected chi connectivity index (χ4v) is 4.24. The Balaban J connectivity index is 1.90. The molecule has 5 nitrogen and oxygen atoms in total. The van der Waals surface area contributed by atoms with E-state index in [0.717, 1.165) is 25.7 Å². The van der Waals surface area contributed by atoms with Crippen molar-refractivity contribution in [1.82, 2.24) is 4.72 Å². The van der Waals surface area contributed by atoms with Crippen molar-refractivity contribution >= 4 is 10.0 Å². The third kappa shape index (κ3) is 6.42. The Bertz CT molecular complexity index is 563. The summed E-state index contributed by atoms with van der Waals surface area (Å²) in [7, 11) is -3.46. The van der Waals surface area contributed by atoms with Crippen LogP contribution in [0.4, 0.5) is 0 Å². The zero-order valence-electron chi connectivity index (χ0n) is 14.5. The summed E-state index contributed by atoms with van der Waals surface area (Å²) in [5.74, 6) is 0.652. The lowest BCUT2D eigenvalue weighted by atomic mass is 9.97. The topological polar surface area (TPSA) is 64.6 Å². The second kappa shape index (κ2) is 10.0. The molecule has 0 amide bonds. The standard InChI is InChI=1S/C18H29NO4S/c1-2-22-14-15-23-17-10-12-18(13-11-17)24(20,21)19-16-8-6-4-3-5-7-9-16/h10-13,16,19H,2-9,14-15H2,1H3. The number of ether oxygens (including phenoxy) is 2. The molecule has 1 N–H and O–H groups in total. The summed E-state index contributed by atoms with van der Waals surface area (Å²) in [6.07, 6.45) is 7.72. The highest BCUT2D eigenvalue weighted by Crippen LogP contribution is 2.20. The van der Waals surface area contributed by atoms with Crippen molar-refractivity contribution in [1.29, 1.82) is 0 Å². The number of sulfonamides is 1. The predicted octanol–water partition coefficient (Wildman–Crippen LogP) is 3.49. The van der Waals surface area contributed by atoms with Crippen molar-refractivity contribution in [2.75, 3.05) is 19.8 Å². The lowest BCUT2D eigenvalue weighted by Gasteiger charge is -2.21. The highest BCUT2D eigenvalue weighted by atomic mass is 32.2. The average Bonchev–Trinajstić information content (AvgIpc) is 2.54. The first-order valence-electron chi connectivity index (χ1n) is 8.95. The van der Waals surface area contributed by atoms with E-state index in [1.54, 1.807) is 24.3 Å². The molecule has 0 heterocycles. The van der Waals surface area contributed by atoms with Crippen molar-refractivity contribution in [2.24, 2.45) is 0 Å². The molecule has 1 aromatic rings. The van der Waals surface area contributed by atoms with E-state index >= 15 is 0 Å². The Kier molecular flexibility index (Phi) is 8.02. The van der Waals surface area contributed by atoms with E-state index in [4.69, 9.17) is 9.47 Å². The van der Waals surface area contributed by atoms with Gasteiger partial charge in [-0.15, -0.1) is 0 Å². The van der Waals surface area contributed by atoms with Gasteiger partial charge in [-0.1, -0.05) is 32.1 Å². The van der Waals surface area contributed by atoms with Crippen LogP contribution in [0.3, 0.4) is 0 Å². The molecule has 136 valence electrons. The molecule has 0 spiro atoms. The van der Waals surface area contributed by atoms with Crippen LogP contribution < -0.4 is 9.46 Å². The number of benzene rings is 1. The summed E-state index contributed by atoms with van der Waals surface area (Å²) >= 11 is 0. The van der Waals surface area contributed by atoms with Gasteiger partial charge < -0.3 is 9.47 Å². The third-order valence-corrected chi connectivity index (χ3v) is 5.80. The molecule has 1 aliphatic carbocycles. The van der Waals surface area contributed by atoms with E-state index in [9.17, 15) is 8.42 Å². The van der Waals surface area contributed by atoms with Crippen LogP contribution in [-0.2, 0) is 14.8 Å². The fourth-order valence-electron chi connectivity index (χ4n) is 2.94. The summed E-state index contributed by atoms with van der Waals surface area (Å²) in [4.78, 5) is 0.293. The van der Waals surface area contributed by atoms with Crippen LogP contribution in [-0.4, -0.2) is 34.3 Å². The van der Waals surface area contributed by atoms with Crippen LogP contribution >= 0.6 is 0 Å². The van der Waals surface area contributed by atoms with Crippen molar-refractivity contribution in [3.05, 3.63) is 24.3 Å². The minimum absolute atomic E-state index is 0.0532. The van der Waals surface area contributed by atoms with Crippen LogP contribution in [0.1, 0.15) is 51.9 Å². The molecule has 1 aliphatic rings. The maximum atomic E-state index is 12.5. The summed E-state index contributed by atoms with van der Waals surface area (Å²) < 4.78 is 38.7. The van der Waals surface area contributed by atoms with Gasteiger partial charge in [-0.3, -0.25) is 0 Å². The predicted molar refractivity (Wildman–Crippen MR) is 94.9 cm³/mol. The number of rotatable bonds is 8.